The zero-order chi connectivity index (χ0) is 18.6. The summed E-state index contributed by atoms with van der Waals surface area (Å²) < 4.78 is 0. The number of nitrogens with one attached hydrogen (secondary N) is 1. The smallest absolute Gasteiger partial charge is 0.270 e. The predicted molar refractivity (Wildman–Crippen MR) is 93.2 cm³/mol. The summed E-state index contributed by atoms with van der Waals surface area (Å²) in [4.78, 5) is 34.4. The van der Waals surface area contributed by atoms with E-state index in [2.05, 4.69) is 5.32 Å². The molecule has 2 rings (SSSR count). The van der Waals surface area contributed by atoms with Crippen molar-refractivity contribution in [2.45, 2.75) is 26.3 Å². The van der Waals surface area contributed by atoms with Crippen LogP contribution in [-0.2, 0) is 11.2 Å². The minimum atomic E-state index is -0.911. The lowest BCUT2D eigenvalue weighted by Gasteiger charge is -2.18. The first-order valence-electron chi connectivity index (χ1n) is 7.69. The van der Waals surface area contributed by atoms with Crippen molar-refractivity contribution < 1.29 is 14.5 Å². The number of nitrogens with zero attached hydrogens (tertiary/aromatic N) is 1. The second-order valence-corrected chi connectivity index (χ2v) is 5.81. The molecular formula is C18H19N3O4. The number of nitro groups is 1. The van der Waals surface area contributed by atoms with Crippen molar-refractivity contribution >= 4 is 17.5 Å². The number of hydrogen-bond donors (Lipinski definition) is 2. The van der Waals surface area contributed by atoms with E-state index >= 15 is 0 Å². The standard InChI is InChI=1S/C18H19N3O4/c1-11-5-3-6-12(2)15(11)10-16(17(19)22)20-18(23)13-7-4-8-14(9-13)21(24)25/h3-9,16H,10H2,1-2H3,(H2,19,22)(H,20,23)/t16-/m0/s1. The summed E-state index contributed by atoms with van der Waals surface area (Å²) in [6.07, 6.45) is 0.258. The number of nitrogens with two attached hydrogens (primary N) is 1. The van der Waals surface area contributed by atoms with Crippen molar-refractivity contribution in [1.29, 1.82) is 0 Å². The Morgan fingerprint density at radius 1 is 1.16 bits per heavy atom. The molecule has 7 heteroatoms. The summed E-state index contributed by atoms with van der Waals surface area (Å²) in [6, 6.07) is 10.1. The fraction of sp³-hybridized carbons (Fsp3) is 0.222. The molecule has 2 aromatic carbocycles. The van der Waals surface area contributed by atoms with Gasteiger partial charge in [0.15, 0.2) is 0 Å². The molecule has 130 valence electrons. The molecular weight excluding hydrogens is 322 g/mol. The average Bonchev–Trinajstić information content (AvgIpc) is 2.57. The third-order valence-corrected chi connectivity index (χ3v) is 4.02. The Balaban J connectivity index is 2.22. The number of carbonyl (C=O) groups is 2. The largest absolute Gasteiger partial charge is 0.368 e. The molecule has 0 saturated heterocycles. The average molecular weight is 341 g/mol. The van der Waals surface area contributed by atoms with E-state index in [1.54, 1.807) is 0 Å². The molecule has 0 unspecified atom stereocenters. The lowest BCUT2D eigenvalue weighted by atomic mass is 9.96. The molecule has 0 heterocycles. The number of amides is 2. The summed E-state index contributed by atoms with van der Waals surface area (Å²) >= 11 is 0. The zero-order valence-corrected chi connectivity index (χ0v) is 14.0. The van der Waals surface area contributed by atoms with Crippen LogP contribution in [0.2, 0.25) is 0 Å². The monoisotopic (exact) mass is 341 g/mol. The Labute approximate surface area is 145 Å². The molecule has 0 saturated carbocycles. The normalized spacial score (nSPS) is 11.6. The van der Waals surface area contributed by atoms with Gasteiger partial charge in [-0.2, -0.15) is 0 Å². The molecule has 2 aromatic rings. The van der Waals surface area contributed by atoms with Crippen LogP contribution in [0.15, 0.2) is 42.5 Å². The van der Waals surface area contributed by atoms with Crippen molar-refractivity contribution in [3.63, 3.8) is 0 Å². The van der Waals surface area contributed by atoms with Gasteiger partial charge in [-0.25, -0.2) is 0 Å². The Morgan fingerprint density at radius 3 is 2.32 bits per heavy atom. The highest BCUT2D eigenvalue weighted by atomic mass is 16.6. The second-order valence-electron chi connectivity index (χ2n) is 5.81. The molecule has 3 N–H and O–H groups in total. The van der Waals surface area contributed by atoms with Crippen molar-refractivity contribution in [3.8, 4) is 0 Å². The van der Waals surface area contributed by atoms with Crippen molar-refractivity contribution in [1.82, 2.24) is 5.32 Å². The molecule has 7 nitrogen and oxygen atoms in total. The molecule has 0 bridgehead atoms. The molecule has 0 aliphatic heterocycles. The van der Waals surface area contributed by atoms with Gasteiger partial charge in [0.25, 0.3) is 11.6 Å². The van der Waals surface area contributed by atoms with Crippen LogP contribution in [0.3, 0.4) is 0 Å². The van der Waals surface area contributed by atoms with Gasteiger partial charge in [0.1, 0.15) is 6.04 Å². The van der Waals surface area contributed by atoms with Crippen molar-refractivity contribution in [3.05, 3.63) is 74.8 Å². The molecule has 0 radical (unpaired) electrons. The van der Waals surface area contributed by atoms with E-state index in [0.717, 1.165) is 22.8 Å². The van der Waals surface area contributed by atoms with Crippen LogP contribution >= 0.6 is 0 Å². The highest BCUT2D eigenvalue weighted by molar-refractivity contribution is 5.97. The summed E-state index contributed by atoms with van der Waals surface area (Å²) in [5.74, 6) is -1.25. The number of aryl methyl sites for hydroxylation is 2. The van der Waals surface area contributed by atoms with E-state index in [-0.39, 0.29) is 17.7 Å². The molecule has 1 atom stereocenters. The topological polar surface area (TPSA) is 115 Å². The van der Waals surface area contributed by atoms with Crippen molar-refractivity contribution in [2.75, 3.05) is 0 Å². The van der Waals surface area contributed by atoms with Gasteiger partial charge < -0.3 is 11.1 Å². The molecule has 0 aromatic heterocycles. The molecule has 0 aliphatic carbocycles. The molecule has 2 amide bonds. The Hall–Kier alpha value is -3.22. The number of nitro benzene ring substituents is 1. The second kappa shape index (κ2) is 7.57. The number of benzene rings is 2. The third-order valence-electron chi connectivity index (χ3n) is 4.02. The Bertz CT molecular complexity index is 813. The number of rotatable bonds is 6. The van der Waals surface area contributed by atoms with Crippen LogP contribution in [-0.4, -0.2) is 22.8 Å². The zero-order valence-electron chi connectivity index (χ0n) is 14.0. The third kappa shape index (κ3) is 4.41. The Kier molecular flexibility index (Phi) is 5.49. The van der Waals surface area contributed by atoms with E-state index in [0.29, 0.717) is 0 Å². The van der Waals surface area contributed by atoms with Gasteiger partial charge in [-0.15, -0.1) is 0 Å². The van der Waals surface area contributed by atoms with E-state index in [1.165, 1.54) is 18.2 Å². The van der Waals surface area contributed by atoms with Crippen LogP contribution in [0.1, 0.15) is 27.0 Å². The summed E-state index contributed by atoms with van der Waals surface area (Å²) in [5.41, 5.74) is 8.26. The van der Waals surface area contributed by atoms with E-state index in [4.69, 9.17) is 5.73 Å². The van der Waals surface area contributed by atoms with Gasteiger partial charge in [-0.3, -0.25) is 19.7 Å². The lowest BCUT2D eigenvalue weighted by Crippen LogP contribution is -2.46. The van der Waals surface area contributed by atoms with Crippen LogP contribution in [0.5, 0.6) is 0 Å². The molecule has 0 aliphatic rings. The van der Waals surface area contributed by atoms with Gasteiger partial charge in [0.2, 0.25) is 5.91 Å². The van der Waals surface area contributed by atoms with Gasteiger partial charge in [0.05, 0.1) is 4.92 Å². The minimum absolute atomic E-state index is 0.0990. The highest BCUT2D eigenvalue weighted by Crippen LogP contribution is 2.17. The molecule has 25 heavy (non-hydrogen) atoms. The minimum Gasteiger partial charge on any atom is -0.368 e. The fourth-order valence-electron chi connectivity index (χ4n) is 2.60. The fourth-order valence-corrected chi connectivity index (χ4v) is 2.60. The maximum atomic E-state index is 12.4. The lowest BCUT2D eigenvalue weighted by molar-refractivity contribution is -0.384. The quantitative estimate of drug-likeness (QED) is 0.618. The maximum Gasteiger partial charge on any atom is 0.270 e. The maximum absolute atomic E-state index is 12.4. The first-order valence-corrected chi connectivity index (χ1v) is 7.69. The first-order chi connectivity index (χ1) is 11.8. The van der Waals surface area contributed by atoms with Gasteiger partial charge in [-0.1, -0.05) is 24.3 Å². The van der Waals surface area contributed by atoms with Gasteiger partial charge >= 0.3 is 0 Å². The molecule has 0 spiro atoms. The van der Waals surface area contributed by atoms with E-state index in [9.17, 15) is 19.7 Å². The van der Waals surface area contributed by atoms with E-state index in [1.807, 2.05) is 32.0 Å². The van der Waals surface area contributed by atoms with Crippen molar-refractivity contribution in [2.24, 2.45) is 5.73 Å². The van der Waals surface area contributed by atoms with Crippen LogP contribution in [0, 0.1) is 24.0 Å². The van der Waals surface area contributed by atoms with Crippen LogP contribution in [0.4, 0.5) is 5.69 Å². The summed E-state index contributed by atoms with van der Waals surface area (Å²) in [7, 11) is 0. The van der Waals surface area contributed by atoms with Crippen LogP contribution in [0.25, 0.3) is 0 Å². The highest BCUT2D eigenvalue weighted by Gasteiger charge is 2.22. The number of hydrogen-bond acceptors (Lipinski definition) is 4. The predicted octanol–water partition coefficient (Wildman–Crippen LogP) is 2.04. The summed E-state index contributed by atoms with van der Waals surface area (Å²) in [6.45, 7) is 3.84. The number of primary amides is 1. The number of non-ortho nitro benzene ring substituents is 1. The first kappa shape index (κ1) is 18.1. The van der Waals surface area contributed by atoms with Crippen LogP contribution < -0.4 is 11.1 Å². The SMILES string of the molecule is Cc1cccc(C)c1C[C@H](NC(=O)c1cccc([N+](=O)[O-])c1)C(N)=O. The van der Waals surface area contributed by atoms with Gasteiger partial charge in [-0.05, 0) is 36.6 Å². The van der Waals surface area contributed by atoms with E-state index < -0.39 is 22.8 Å². The summed E-state index contributed by atoms with van der Waals surface area (Å²) in [5, 5.41) is 13.4. The molecule has 0 fully saturated rings. The Morgan fingerprint density at radius 2 is 1.76 bits per heavy atom. The van der Waals surface area contributed by atoms with Gasteiger partial charge in [0, 0.05) is 24.1 Å². The number of carbonyl (C=O) groups excluding carboxylic acids is 2.